The van der Waals surface area contributed by atoms with Gasteiger partial charge < -0.3 is 0 Å². The van der Waals surface area contributed by atoms with E-state index in [1.165, 1.54) is 24.3 Å². The van der Waals surface area contributed by atoms with E-state index in [1.807, 2.05) is 0 Å². The minimum Gasteiger partial charge on any atom is -0.258 e. The molecule has 0 saturated carbocycles. The molecular weight excluding hydrogens is 408 g/mol. The number of hydrogen-bond donors (Lipinski definition) is 0. The molecule has 0 atom stereocenters. The molecular formula is C13H5Cl2F3N2O4S. The highest BCUT2D eigenvalue weighted by molar-refractivity contribution is 7.99. The lowest BCUT2D eigenvalue weighted by molar-refractivity contribution is -0.400. The zero-order valence-corrected chi connectivity index (χ0v) is 14.0. The van der Waals surface area contributed by atoms with E-state index in [0.29, 0.717) is 21.7 Å². The van der Waals surface area contributed by atoms with Gasteiger partial charge >= 0.3 is 11.9 Å². The molecule has 0 aromatic heterocycles. The molecule has 0 aliphatic heterocycles. The minimum atomic E-state index is -5.09. The monoisotopic (exact) mass is 412 g/mol. The number of alkyl halides is 3. The van der Waals surface area contributed by atoms with Gasteiger partial charge in [-0.15, -0.1) is 0 Å². The highest BCUT2D eigenvalue weighted by Gasteiger charge is 2.42. The Labute approximate surface area is 151 Å². The fraction of sp³-hybridized carbons (Fsp3) is 0.0769. The summed E-state index contributed by atoms with van der Waals surface area (Å²) in [4.78, 5) is 19.8. The molecule has 0 amide bonds. The maximum absolute atomic E-state index is 13.0. The molecule has 2 rings (SSSR count). The van der Waals surface area contributed by atoms with E-state index in [2.05, 4.69) is 0 Å². The number of nitro groups is 2. The zero-order chi connectivity index (χ0) is 18.9. The number of nitro benzene ring substituents is 2. The van der Waals surface area contributed by atoms with E-state index in [-0.39, 0.29) is 6.07 Å². The van der Waals surface area contributed by atoms with Crippen molar-refractivity contribution in [3.63, 3.8) is 0 Å². The fourth-order valence-electron chi connectivity index (χ4n) is 1.84. The molecule has 132 valence electrons. The van der Waals surface area contributed by atoms with Crippen LogP contribution in [-0.4, -0.2) is 9.85 Å². The average molecular weight is 413 g/mol. The van der Waals surface area contributed by atoms with Gasteiger partial charge in [0.2, 0.25) is 0 Å². The van der Waals surface area contributed by atoms with Crippen LogP contribution >= 0.6 is 35.0 Å². The van der Waals surface area contributed by atoms with Crippen LogP contribution in [0.4, 0.5) is 24.5 Å². The third-order valence-corrected chi connectivity index (χ3v) is 4.64. The van der Waals surface area contributed by atoms with Crippen molar-refractivity contribution in [1.29, 1.82) is 0 Å². The Kier molecular flexibility index (Phi) is 5.45. The summed E-state index contributed by atoms with van der Waals surface area (Å²) in [6.07, 6.45) is -5.09. The van der Waals surface area contributed by atoms with Crippen LogP contribution in [0.3, 0.4) is 0 Å². The first-order valence-corrected chi connectivity index (χ1v) is 7.75. The third kappa shape index (κ3) is 4.14. The van der Waals surface area contributed by atoms with Gasteiger partial charge in [0.25, 0.3) is 5.69 Å². The van der Waals surface area contributed by atoms with E-state index in [1.54, 1.807) is 0 Å². The zero-order valence-electron chi connectivity index (χ0n) is 11.7. The SMILES string of the molecule is O=[N+]([O-])c1cc(C(F)(F)F)c(Cl)c([N+](=O)[O-])c1Sc1ccc(Cl)cc1. The topological polar surface area (TPSA) is 86.3 Å². The van der Waals surface area contributed by atoms with Crippen molar-refractivity contribution in [3.8, 4) is 0 Å². The smallest absolute Gasteiger partial charge is 0.258 e. The Hall–Kier alpha value is -2.04. The summed E-state index contributed by atoms with van der Waals surface area (Å²) in [7, 11) is 0. The van der Waals surface area contributed by atoms with E-state index in [0.717, 1.165) is 0 Å². The molecule has 2 aromatic carbocycles. The molecule has 0 aliphatic carbocycles. The summed E-state index contributed by atoms with van der Waals surface area (Å²) in [5, 5.41) is 21.5. The lowest BCUT2D eigenvalue weighted by Gasteiger charge is -2.12. The predicted molar refractivity (Wildman–Crippen MR) is 85.3 cm³/mol. The molecule has 0 heterocycles. The van der Waals surface area contributed by atoms with Crippen LogP contribution in [0.25, 0.3) is 0 Å². The molecule has 0 spiro atoms. The molecule has 0 saturated heterocycles. The Bertz CT molecular complexity index is 860. The van der Waals surface area contributed by atoms with Crippen molar-refractivity contribution in [2.45, 2.75) is 16.0 Å². The second-order valence-electron chi connectivity index (χ2n) is 4.50. The average Bonchev–Trinajstić information content (AvgIpc) is 2.47. The van der Waals surface area contributed by atoms with Gasteiger partial charge in [-0.1, -0.05) is 35.0 Å². The summed E-state index contributed by atoms with van der Waals surface area (Å²) in [6.45, 7) is 0. The Morgan fingerprint density at radius 2 is 1.56 bits per heavy atom. The normalized spacial score (nSPS) is 11.4. The van der Waals surface area contributed by atoms with Crippen LogP contribution in [0.5, 0.6) is 0 Å². The van der Waals surface area contributed by atoms with Crippen molar-refractivity contribution >= 4 is 46.3 Å². The summed E-state index contributed by atoms with van der Waals surface area (Å²) in [5.41, 5.74) is -3.89. The lowest BCUT2D eigenvalue weighted by atomic mass is 10.1. The first kappa shape index (κ1) is 19.3. The molecule has 6 nitrogen and oxygen atoms in total. The maximum atomic E-state index is 13.0. The molecule has 0 bridgehead atoms. The molecule has 12 heteroatoms. The summed E-state index contributed by atoms with van der Waals surface area (Å²) < 4.78 is 39.0. The summed E-state index contributed by atoms with van der Waals surface area (Å²) in [5.74, 6) is 0. The predicted octanol–water partition coefficient (Wildman–Crippen LogP) is 5.98. The van der Waals surface area contributed by atoms with Gasteiger partial charge in [0, 0.05) is 16.0 Å². The van der Waals surface area contributed by atoms with Crippen LogP contribution in [0.15, 0.2) is 40.1 Å². The van der Waals surface area contributed by atoms with Crippen LogP contribution in [0, 0.1) is 20.2 Å². The number of hydrogen-bond acceptors (Lipinski definition) is 5. The summed E-state index contributed by atoms with van der Waals surface area (Å²) >= 11 is 11.8. The quantitative estimate of drug-likeness (QED) is 0.455. The molecule has 0 N–H and O–H groups in total. The van der Waals surface area contributed by atoms with E-state index in [4.69, 9.17) is 23.2 Å². The Morgan fingerprint density at radius 3 is 2.00 bits per heavy atom. The lowest BCUT2D eigenvalue weighted by Crippen LogP contribution is -2.09. The molecule has 2 aromatic rings. The maximum Gasteiger partial charge on any atom is 0.418 e. The highest BCUT2D eigenvalue weighted by Crippen LogP contribution is 2.50. The standard InChI is InChI=1S/C13H5Cl2F3N2O4S/c14-6-1-3-7(4-2-6)25-12-9(19(21)22)5-8(13(16,17)18)10(15)11(12)20(23)24/h1-5H. The second kappa shape index (κ2) is 7.06. The fourth-order valence-corrected chi connectivity index (χ4v) is 3.37. The first-order valence-electron chi connectivity index (χ1n) is 6.18. The van der Waals surface area contributed by atoms with Crippen LogP contribution in [0.2, 0.25) is 10.0 Å². The molecule has 0 radical (unpaired) electrons. The minimum absolute atomic E-state index is 0.188. The van der Waals surface area contributed by atoms with Crippen LogP contribution < -0.4 is 0 Å². The molecule has 0 aliphatic rings. The molecule has 0 fully saturated rings. The molecule has 25 heavy (non-hydrogen) atoms. The van der Waals surface area contributed by atoms with Crippen molar-refractivity contribution in [3.05, 3.63) is 66.2 Å². The van der Waals surface area contributed by atoms with Gasteiger partial charge in [0.05, 0.1) is 15.4 Å². The van der Waals surface area contributed by atoms with Crippen molar-refractivity contribution in [2.24, 2.45) is 0 Å². The van der Waals surface area contributed by atoms with Gasteiger partial charge in [0.15, 0.2) is 4.90 Å². The van der Waals surface area contributed by atoms with E-state index in [9.17, 15) is 33.4 Å². The van der Waals surface area contributed by atoms with Gasteiger partial charge in [-0.25, -0.2) is 0 Å². The van der Waals surface area contributed by atoms with Crippen molar-refractivity contribution < 1.29 is 23.0 Å². The van der Waals surface area contributed by atoms with Crippen LogP contribution in [0.1, 0.15) is 5.56 Å². The number of halogens is 5. The van der Waals surface area contributed by atoms with Crippen molar-refractivity contribution in [1.82, 2.24) is 0 Å². The largest absolute Gasteiger partial charge is 0.418 e. The number of rotatable bonds is 4. The van der Waals surface area contributed by atoms with Crippen LogP contribution in [-0.2, 0) is 6.18 Å². The second-order valence-corrected chi connectivity index (χ2v) is 6.40. The van der Waals surface area contributed by atoms with Gasteiger partial charge in [-0.2, -0.15) is 13.2 Å². The molecule has 0 unspecified atom stereocenters. The Morgan fingerprint density at radius 1 is 1.00 bits per heavy atom. The van der Waals surface area contributed by atoms with Crippen molar-refractivity contribution in [2.75, 3.05) is 0 Å². The van der Waals surface area contributed by atoms with Gasteiger partial charge in [-0.05, 0) is 24.3 Å². The Balaban J connectivity index is 2.76. The van der Waals surface area contributed by atoms with Gasteiger partial charge in [0.1, 0.15) is 5.02 Å². The van der Waals surface area contributed by atoms with E-state index < -0.39 is 42.9 Å². The number of benzene rings is 2. The highest BCUT2D eigenvalue weighted by atomic mass is 35.5. The third-order valence-electron chi connectivity index (χ3n) is 2.89. The van der Waals surface area contributed by atoms with E-state index >= 15 is 0 Å². The summed E-state index contributed by atoms with van der Waals surface area (Å²) in [6, 6.07) is 5.85. The first-order chi connectivity index (χ1) is 11.5. The van der Waals surface area contributed by atoms with Gasteiger partial charge in [-0.3, -0.25) is 20.2 Å². The number of nitrogens with zero attached hydrogens (tertiary/aromatic N) is 2.